The summed E-state index contributed by atoms with van der Waals surface area (Å²) in [5.41, 5.74) is 1.52. The maximum absolute atomic E-state index is 3.64. The highest BCUT2D eigenvalue weighted by atomic mass is 79.9. The Morgan fingerprint density at radius 2 is 1.71 bits per heavy atom. The summed E-state index contributed by atoms with van der Waals surface area (Å²) in [7, 11) is 0. The zero-order chi connectivity index (χ0) is 9.54. The van der Waals surface area contributed by atoms with Crippen LogP contribution in [0.2, 0.25) is 0 Å². The van der Waals surface area contributed by atoms with Crippen molar-refractivity contribution in [1.82, 2.24) is 0 Å². The monoisotopic (exact) mass is 246 g/mol. The summed E-state index contributed by atoms with van der Waals surface area (Å²) in [6.45, 7) is 0. The molecular formula is C13H11Br. The molecular weight excluding hydrogens is 236 g/mol. The zero-order valence-electron chi connectivity index (χ0n) is 7.83. The fraction of sp³-hybridized carbons (Fsp3) is 0.231. The van der Waals surface area contributed by atoms with Crippen molar-refractivity contribution in [2.24, 2.45) is 0 Å². The highest BCUT2D eigenvalue weighted by Gasteiger charge is 2.25. The number of hydrogen-bond donors (Lipinski definition) is 0. The molecule has 0 saturated heterocycles. The van der Waals surface area contributed by atoms with Crippen molar-refractivity contribution in [2.75, 3.05) is 0 Å². The van der Waals surface area contributed by atoms with E-state index >= 15 is 0 Å². The van der Waals surface area contributed by atoms with E-state index in [0.717, 1.165) is 5.92 Å². The Morgan fingerprint density at radius 3 is 2.43 bits per heavy atom. The second-order valence-electron chi connectivity index (χ2n) is 3.96. The first-order valence-electron chi connectivity index (χ1n) is 5.03. The van der Waals surface area contributed by atoms with Gasteiger partial charge in [-0.05, 0) is 41.2 Å². The Bertz CT molecular complexity index is 478. The predicted octanol–water partition coefficient (Wildman–Crippen LogP) is 4.48. The molecule has 0 heterocycles. The van der Waals surface area contributed by atoms with Gasteiger partial charge in [-0.15, -0.1) is 0 Å². The van der Waals surface area contributed by atoms with Crippen molar-refractivity contribution in [3.8, 4) is 0 Å². The molecule has 0 nitrogen and oxygen atoms in total. The number of benzene rings is 2. The summed E-state index contributed by atoms with van der Waals surface area (Å²) in [5.74, 6) is 0.817. The van der Waals surface area contributed by atoms with Crippen LogP contribution in [0, 0.1) is 0 Å². The summed E-state index contributed by atoms with van der Waals surface area (Å²) in [6, 6.07) is 13.0. The number of rotatable bonds is 1. The van der Waals surface area contributed by atoms with E-state index in [2.05, 4.69) is 52.3 Å². The molecule has 1 heteroatoms. The summed E-state index contributed by atoms with van der Waals surface area (Å²) >= 11 is 3.64. The molecule has 2 aromatic rings. The minimum atomic E-state index is 0.817. The lowest BCUT2D eigenvalue weighted by atomic mass is 10.0. The average Bonchev–Trinajstić information content (AvgIpc) is 3.01. The third-order valence-corrected chi connectivity index (χ3v) is 3.56. The predicted molar refractivity (Wildman–Crippen MR) is 63.6 cm³/mol. The molecule has 0 aromatic heterocycles. The van der Waals surface area contributed by atoms with E-state index in [9.17, 15) is 0 Å². The van der Waals surface area contributed by atoms with E-state index in [1.54, 1.807) is 0 Å². The van der Waals surface area contributed by atoms with Crippen molar-refractivity contribution in [2.45, 2.75) is 18.8 Å². The molecule has 0 unspecified atom stereocenters. The first kappa shape index (κ1) is 8.49. The minimum Gasteiger partial charge on any atom is -0.0613 e. The van der Waals surface area contributed by atoms with Gasteiger partial charge in [0.1, 0.15) is 0 Å². The van der Waals surface area contributed by atoms with Gasteiger partial charge in [0, 0.05) is 4.47 Å². The molecule has 70 valence electrons. The molecule has 2 aromatic carbocycles. The summed E-state index contributed by atoms with van der Waals surface area (Å²) in [6.07, 6.45) is 2.72. The topological polar surface area (TPSA) is 0 Å². The van der Waals surface area contributed by atoms with E-state index in [0.29, 0.717) is 0 Å². The number of hydrogen-bond acceptors (Lipinski definition) is 0. The van der Waals surface area contributed by atoms with Gasteiger partial charge in [-0.3, -0.25) is 0 Å². The van der Waals surface area contributed by atoms with E-state index in [1.807, 2.05) is 0 Å². The van der Waals surface area contributed by atoms with Crippen LogP contribution in [-0.4, -0.2) is 0 Å². The highest BCUT2D eigenvalue weighted by Crippen LogP contribution is 2.44. The van der Waals surface area contributed by atoms with Crippen molar-refractivity contribution in [3.63, 3.8) is 0 Å². The van der Waals surface area contributed by atoms with Crippen LogP contribution in [0.5, 0.6) is 0 Å². The van der Waals surface area contributed by atoms with Crippen LogP contribution in [-0.2, 0) is 0 Å². The van der Waals surface area contributed by atoms with Gasteiger partial charge in [0.2, 0.25) is 0 Å². The summed E-state index contributed by atoms with van der Waals surface area (Å²) in [4.78, 5) is 0. The Kier molecular flexibility index (Phi) is 1.88. The molecule has 0 radical (unpaired) electrons. The van der Waals surface area contributed by atoms with Gasteiger partial charge in [-0.2, -0.15) is 0 Å². The van der Waals surface area contributed by atoms with Gasteiger partial charge in [0.05, 0.1) is 0 Å². The number of fused-ring (bicyclic) bond motifs is 1. The van der Waals surface area contributed by atoms with Crippen LogP contribution in [0.1, 0.15) is 24.3 Å². The first-order chi connectivity index (χ1) is 6.86. The van der Waals surface area contributed by atoms with E-state index in [-0.39, 0.29) is 0 Å². The Balaban J connectivity index is 2.37. The van der Waals surface area contributed by atoms with Crippen molar-refractivity contribution >= 4 is 26.7 Å². The van der Waals surface area contributed by atoms with Gasteiger partial charge in [0.25, 0.3) is 0 Å². The lowest BCUT2D eigenvalue weighted by molar-refractivity contribution is 1.15. The Morgan fingerprint density at radius 1 is 1.00 bits per heavy atom. The second kappa shape index (κ2) is 3.09. The molecule has 1 saturated carbocycles. The third-order valence-electron chi connectivity index (χ3n) is 2.90. The molecule has 3 rings (SSSR count). The molecule has 0 bridgehead atoms. The summed E-state index contributed by atoms with van der Waals surface area (Å²) in [5, 5.41) is 2.77. The molecule has 14 heavy (non-hydrogen) atoms. The van der Waals surface area contributed by atoms with Crippen molar-refractivity contribution in [3.05, 3.63) is 46.4 Å². The highest BCUT2D eigenvalue weighted by molar-refractivity contribution is 9.10. The lowest BCUT2D eigenvalue weighted by Crippen LogP contribution is -1.83. The van der Waals surface area contributed by atoms with Crippen LogP contribution in [0.15, 0.2) is 40.9 Å². The van der Waals surface area contributed by atoms with Crippen molar-refractivity contribution < 1.29 is 0 Å². The van der Waals surface area contributed by atoms with Crippen LogP contribution < -0.4 is 0 Å². The average molecular weight is 247 g/mol. The third kappa shape index (κ3) is 1.27. The van der Waals surface area contributed by atoms with Gasteiger partial charge in [-0.25, -0.2) is 0 Å². The maximum atomic E-state index is 3.64. The van der Waals surface area contributed by atoms with Crippen LogP contribution in [0.3, 0.4) is 0 Å². The molecule has 0 atom stereocenters. The lowest BCUT2D eigenvalue weighted by Gasteiger charge is -2.06. The SMILES string of the molecule is Brc1cccc2cccc(C3CC3)c12. The molecule has 1 aliphatic rings. The Hall–Kier alpha value is -0.820. The van der Waals surface area contributed by atoms with Gasteiger partial charge in [0.15, 0.2) is 0 Å². The van der Waals surface area contributed by atoms with Crippen LogP contribution in [0.4, 0.5) is 0 Å². The minimum absolute atomic E-state index is 0.817. The standard InChI is InChI=1S/C13H11Br/c14-12-6-2-4-10-3-1-5-11(13(10)12)9-7-8-9/h1-6,9H,7-8H2. The second-order valence-corrected chi connectivity index (χ2v) is 4.81. The Labute approximate surface area is 92.1 Å². The smallest absolute Gasteiger partial charge is 0.0256 e. The van der Waals surface area contributed by atoms with Gasteiger partial charge in [-0.1, -0.05) is 46.3 Å². The maximum Gasteiger partial charge on any atom is 0.0256 e. The normalized spacial score (nSPS) is 16.1. The fourth-order valence-corrected chi connectivity index (χ4v) is 2.67. The number of halogens is 1. The van der Waals surface area contributed by atoms with Crippen molar-refractivity contribution in [1.29, 1.82) is 0 Å². The summed E-state index contributed by atoms with van der Waals surface area (Å²) < 4.78 is 1.23. The molecule has 1 fully saturated rings. The molecule has 0 amide bonds. The van der Waals surface area contributed by atoms with E-state index in [1.165, 1.54) is 33.7 Å². The largest absolute Gasteiger partial charge is 0.0613 e. The first-order valence-corrected chi connectivity index (χ1v) is 5.83. The molecule has 0 spiro atoms. The zero-order valence-corrected chi connectivity index (χ0v) is 9.42. The quantitative estimate of drug-likeness (QED) is 0.696. The van der Waals surface area contributed by atoms with E-state index < -0.39 is 0 Å². The van der Waals surface area contributed by atoms with Gasteiger partial charge < -0.3 is 0 Å². The fourth-order valence-electron chi connectivity index (χ4n) is 2.06. The van der Waals surface area contributed by atoms with E-state index in [4.69, 9.17) is 0 Å². The molecule has 0 aliphatic heterocycles. The van der Waals surface area contributed by atoms with Gasteiger partial charge >= 0.3 is 0 Å². The van der Waals surface area contributed by atoms with Crippen LogP contribution in [0.25, 0.3) is 10.8 Å². The molecule has 0 N–H and O–H groups in total. The molecule has 1 aliphatic carbocycles. The van der Waals surface area contributed by atoms with Crippen LogP contribution >= 0.6 is 15.9 Å².